The second kappa shape index (κ2) is 8.49. The van der Waals surface area contributed by atoms with Gasteiger partial charge in [0, 0.05) is 0 Å². The van der Waals surface area contributed by atoms with Crippen molar-refractivity contribution in [2.75, 3.05) is 0 Å². The number of benzene rings is 3. The Bertz CT molecular complexity index is 1070. The molecule has 0 heterocycles. The maximum Gasteiger partial charge on any atom is -0.0105 e. The Balaban J connectivity index is 2.26. The molecule has 0 saturated heterocycles. The first-order chi connectivity index (χ1) is 12.8. The molecule has 3 rings (SSSR count). The molecule has 0 bridgehead atoms. The fraction of sp³-hybridized carbons (Fsp3) is 0.154. The highest BCUT2D eigenvalue weighted by atomic mass is 14.1. The summed E-state index contributed by atoms with van der Waals surface area (Å²) in [6.07, 6.45) is 9.83. The third kappa shape index (κ3) is 3.70. The van der Waals surface area contributed by atoms with E-state index in [4.69, 9.17) is 0 Å². The lowest BCUT2D eigenvalue weighted by Crippen LogP contribution is -2.26. The van der Waals surface area contributed by atoms with Gasteiger partial charge in [0.05, 0.1) is 0 Å². The van der Waals surface area contributed by atoms with Gasteiger partial charge in [-0.1, -0.05) is 98.0 Å². The van der Waals surface area contributed by atoms with Crippen LogP contribution in [0.5, 0.6) is 0 Å². The van der Waals surface area contributed by atoms with Crippen LogP contribution in [0, 0.1) is 0 Å². The van der Waals surface area contributed by atoms with Crippen molar-refractivity contribution in [1.29, 1.82) is 0 Å². The van der Waals surface area contributed by atoms with E-state index in [9.17, 15) is 0 Å². The molecule has 130 valence electrons. The molecule has 0 spiro atoms. The van der Waals surface area contributed by atoms with E-state index in [0.717, 1.165) is 6.42 Å². The van der Waals surface area contributed by atoms with Crippen LogP contribution in [0.2, 0.25) is 0 Å². The highest BCUT2D eigenvalue weighted by Gasteiger charge is 2.08. The molecular formula is C26H26. The van der Waals surface area contributed by atoms with Gasteiger partial charge in [-0.05, 0) is 58.2 Å². The van der Waals surface area contributed by atoms with Crippen molar-refractivity contribution >= 4 is 28.0 Å². The van der Waals surface area contributed by atoms with E-state index in [0.29, 0.717) is 0 Å². The molecular weight excluding hydrogens is 312 g/mol. The molecule has 0 aliphatic carbocycles. The maximum atomic E-state index is 2.23. The van der Waals surface area contributed by atoms with Crippen LogP contribution in [0.3, 0.4) is 0 Å². The lowest BCUT2D eigenvalue weighted by molar-refractivity contribution is 1.23. The second-order valence-electron chi connectivity index (χ2n) is 6.44. The Morgan fingerprint density at radius 1 is 0.885 bits per heavy atom. The van der Waals surface area contributed by atoms with Gasteiger partial charge in [-0.3, -0.25) is 0 Å². The summed E-state index contributed by atoms with van der Waals surface area (Å²) < 4.78 is 0. The molecule has 0 fully saturated rings. The molecule has 0 saturated carbocycles. The van der Waals surface area contributed by atoms with Crippen molar-refractivity contribution in [2.45, 2.75) is 27.2 Å². The van der Waals surface area contributed by atoms with Crippen molar-refractivity contribution in [3.63, 3.8) is 0 Å². The minimum atomic E-state index is 1.05. The van der Waals surface area contributed by atoms with E-state index >= 15 is 0 Å². The number of rotatable bonds is 4. The number of hydrogen-bond acceptors (Lipinski definition) is 0. The number of allylic oxidation sites excluding steroid dienone is 4. The molecule has 26 heavy (non-hydrogen) atoms. The fourth-order valence-corrected chi connectivity index (χ4v) is 3.47. The van der Waals surface area contributed by atoms with Crippen LogP contribution in [0.25, 0.3) is 28.0 Å². The van der Waals surface area contributed by atoms with Crippen LogP contribution in [0.15, 0.2) is 85.0 Å². The van der Waals surface area contributed by atoms with Crippen molar-refractivity contribution in [2.24, 2.45) is 0 Å². The van der Waals surface area contributed by atoms with Crippen molar-refractivity contribution in [3.05, 3.63) is 101 Å². The van der Waals surface area contributed by atoms with Gasteiger partial charge in [-0.15, -0.1) is 0 Å². The highest BCUT2D eigenvalue weighted by Crippen LogP contribution is 2.29. The quantitative estimate of drug-likeness (QED) is 0.559. The number of hydrogen-bond donors (Lipinski definition) is 0. The van der Waals surface area contributed by atoms with Crippen molar-refractivity contribution in [1.82, 2.24) is 0 Å². The SMILES string of the molecule is C/C=C(/C(C)=c1/cccc/c1=C/C=C/CC)c1cccc2ccccc12. The molecule has 0 N–H and O–H groups in total. The normalized spacial score (nSPS) is 14.3. The standard InChI is InChI=1S/C26H26/c1-4-6-7-13-21-14-8-10-17-24(21)20(3)23(5-2)26-19-12-16-22-15-9-11-18-25(22)26/h5-19H,4H2,1-3H3/b7-6+,21-13-,23-5-,24-20-. The first-order valence-corrected chi connectivity index (χ1v) is 9.34. The van der Waals surface area contributed by atoms with Gasteiger partial charge in [-0.25, -0.2) is 0 Å². The molecule has 0 amide bonds. The summed E-state index contributed by atoms with van der Waals surface area (Å²) in [5.41, 5.74) is 3.89. The van der Waals surface area contributed by atoms with E-state index in [2.05, 4.69) is 112 Å². The van der Waals surface area contributed by atoms with Crippen molar-refractivity contribution < 1.29 is 0 Å². The zero-order chi connectivity index (χ0) is 18.4. The van der Waals surface area contributed by atoms with Gasteiger partial charge in [0.15, 0.2) is 0 Å². The molecule has 0 aliphatic rings. The van der Waals surface area contributed by atoms with E-state index in [1.165, 1.54) is 37.9 Å². The average molecular weight is 338 g/mol. The Morgan fingerprint density at radius 2 is 1.62 bits per heavy atom. The predicted molar refractivity (Wildman–Crippen MR) is 116 cm³/mol. The van der Waals surface area contributed by atoms with E-state index < -0.39 is 0 Å². The molecule has 0 heteroatoms. The van der Waals surface area contributed by atoms with Gasteiger partial charge in [0.2, 0.25) is 0 Å². The monoisotopic (exact) mass is 338 g/mol. The first kappa shape index (κ1) is 17.9. The zero-order valence-electron chi connectivity index (χ0n) is 15.9. The smallest absolute Gasteiger partial charge is 0.0105 e. The van der Waals surface area contributed by atoms with Crippen molar-refractivity contribution in [3.8, 4) is 0 Å². The minimum Gasteiger partial charge on any atom is -0.0848 e. The summed E-state index contributed by atoms with van der Waals surface area (Å²) in [6.45, 7) is 6.52. The van der Waals surface area contributed by atoms with Gasteiger partial charge < -0.3 is 0 Å². The molecule has 0 unspecified atom stereocenters. The predicted octanol–water partition coefficient (Wildman–Crippen LogP) is 5.86. The second-order valence-corrected chi connectivity index (χ2v) is 6.44. The zero-order valence-corrected chi connectivity index (χ0v) is 15.9. The van der Waals surface area contributed by atoms with Crippen LogP contribution in [0.1, 0.15) is 32.8 Å². The lowest BCUT2D eigenvalue weighted by Gasteiger charge is -2.12. The summed E-state index contributed by atoms with van der Waals surface area (Å²) in [5, 5.41) is 5.13. The molecule has 0 radical (unpaired) electrons. The van der Waals surface area contributed by atoms with Gasteiger partial charge in [-0.2, -0.15) is 0 Å². The fourth-order valence-electron chi connectivity index (χ4n) is 3.47. The van der Waals surface area contributed by atoms with Gasteiger partial charge in [0.25, 0.3) is 0 Å². The largest absolute Gasteiger partial charge is 0.0848 e. The highest BCUT2D eigenvalue weighted by molar-refractivity contribution is 6.05. The molecule has 3 aromatic carbocycles. The third-order valence-electron chi connectivity index (χ3n) is 4.78. The van der Waals surface area contributed by atoms with Crippen LogP contribution in [-0.2, 0) is 0 Å². The first-order valence-electron chi connectivity index (χ1n) is 9.34. The Morgan fingerprint density at radius 3 is 2.42 bits per heavy atom. The van der Waals surface area contributed by atoms with E-state index in [1.807, 2.05) is 0 Å². The molecule has 3 aromatic rings. The lowest BCUT2D eigenvalue weighted by atomic mass is 9.92. The summed E-state index contributed by atoms with van der Waals surface area (Å²) in [7, 11) is 0. The maximum absolute atomic E-state index is 2.23. The van der Waals surface area contributed by atoms with E-state index in [1.54, 1.807) is 0 Å². The topological polar surface area (TPSA) is 0 Å². The molecule has 0 aliphatic heterocycles. The van der Waals surface area contributed by atoms with E-state index in [-0.39, 0.29) is 0 Å². The van der Waals surface area contributed by atoms with Gasteiger partial charge >= 0.3 is 0 Å². The summed E-state index contributed by atoms with van der Waals surface area (Å²) in [5.74, 6) is 0. The number of fused-ring (bicyclic) bond motifs is 1. The molecule has 0 atom stereocenters. The third-order valence-corrected chi connectivity index (χ3v) is 4.78. The average Bonchev–Trinajstić information content (AvgIpc) is 2.69. The Hall–Kier alpha value is -2.86. The molecule has 0 aromatic heterocycles. The Labute approximate surface area is 156 Å². The summed E-state index contributed by atoms with van der Waals surface area (Å²) >= 11 is 0. The summed E-state index contributed by atoms with van der Waals surface area (Å²) in [4.78, 5) is 0. The summed E-state index contributed by atoms with van der Waals surface area (Å²) in [6, 6.07) is 23.8. The van der Waals surface area contributed by atoms with Gasteiger partial charge in [0.1, 0.15) is 0 Å². The van der Waals surface area contributed by atoms with Crippen LogP contribution < -0.4 is 10.4 Å². The van der Waals surface area contributed by atoms with Crippen LogP contribution in [-0.4, -0.2) is 0 Å². The Kier molecular flexibility index (Phi) is 5.86. The molecule has 0 nitrogen and oxygen atoms in total. The van der Waals surface area contributed by atoms with Crippen LogP contribution in [0.4, 0.5) is 0 Å². The van der Waals surface area contributed by atoms with Crippen LogP contribution >= 0.6 is 0 Å². The minimum absolute atomic E-state index is 1.05.